The molecule has 3 rings (SSSR count). The third kappa shape index (κ3) is 4.52. The number of nitrogens with zero attached hydrogens (tertiary/aromatic N) is 1. The van der Waals surface area contributed by atoms with Crippen LogP contribution < -0.4 is 11.1 Å². The van der Waals surface area contributed by atoms with Gasteiger partial charge in [0.25, 0.3) is 0 Å². The Balaban J connectivity index is 1.78. The number of aromatic nitrogens is 1. The highest BCUT2D eigenvalue weighted by molar-refractivity contribution is 5.79. The van der Waals surface area contributed by atoms with Gasteiger partial charge in [-0.2, -0.15) is 0 Å². The average Bonchev–Trinajstić information content (AvgIpc) is 2.68. The molecule has 26 heavy (non-hydrogen) atoms. The number of carbonyl (C=O) groups is 1. The summed E-state index contributed by atoms with van der Waals surface area (Å²) in [6.45, 7) is 0.472. The Hall–Kier alpha value is -3.05. The second-order valence-corrected chi connectivity index (χ2v) is 6.04. The van der Waals surface area contributed by atoms with Crippen LogP contribution in [0.15, 0.2) is 73.1 Å². The molecule has 0 fully saturated rings. The number of benzene rings is 2. The molecule has 1 unspecified atom stereocenters. The zero-order chi connectivity index (χ0) is 18.4. The van der Waals surface area contributed by atoms with Gasteiger partial charge in [0.2, 0.25) is 5.91 Å². The largest absolute Gasteiger partial charge is 0.345 e. The molecular weight excluding hydrogens is 329 g/mol. The predicted molar refractivity (Wildman–Crippen MR) is 98.7 cm³/mol. The Morgan fingerprint density at radius 3 is 2.31 bits per heavy atom. The summed E-state index contributed by atoms with van der Waals surface area (Å²) in [7, 11) is 0. The highest BCUT2D eigenvalue weighted by Crippen LogP contribution is 2.22. The number of hydrogen-bond acceptors (Lipinski definition) is 3. The number of hydrogen-bond donors (Lipinski definition) is 2. The summed E-state index contributed by atoms with van der Waals surface area (Å²) in [5.41, 5.74) is 9.16. The van der Waals surface area contributed by atoms with Gasteiger partial charge in [-0.15, -0.1) is 0 Å². The SMILES string of the molecule is NCc1ccc(CC(=O)NC(c2ccc(F)cc2)c2cccnc2)cc1. The van der Waals surface area contributed by atoms with Gasteiger partial charge in [0.05, 0.1) is 12.5 Å². The minimum absolute atomic E-state index is 0.122. The van der Waals surface area contributed by atoms with E-state index in [0.717, 1.165) is 22.3 Å². The summed E-state index contributed by atoms with van der Waals surface area (Å²) >= 11 is 0. The van der Waals surface area contributed by atoms with Gasteiger partial charge >= 0.3 is 0 Å². The summed E-state index contributed by atoms with van der Waals surface area (Å²) in [6, 6.07) is 17.1. The van der Waals surface area contributed by atoms with Crippen LogP contribution in [0.4, 0.5) is 4.39 Å². The zero-order valence-electron chi connectivity index (χ0n) is 14.2. The minimum Gasteiger partial charge on any atom is -0.345 e. The highest BCUT2D eigenvalue weighted by Gasteiger charge is 2.17. The first-order valence-electron chi connectivity index (χ1n) is 8.38. The van der Waals surface area contributed by atoms with Crippen molar-refractivity contribution in [2.75, 3.05) is 0 Å². The summed E-state index contributed by atoms with van der Waals surface area (Å²) in [5, 5.41) is 3.02. The van der Waals surface area contributed by atoms with Gasteiger partial charge in [-0.05, 0) is 40.5 Å². The first-order valence-corrected chi connectivity index (χ1v) is 8.38. The number of pyridine rings is 1. The fourth-order valence-corrected chi connectivity index (χ4v) is 2.75. The van der Waals surface area contributed by atoms with E-state index in [4.69, 9.17) is 5.73 Å². The van der Waals surface area contributed by atoms with E-state index < -0.39 is 0 Å². The standard InChI is InChI=1S/C21H20FN3O/c22-19-9-7-17(8-10-19)21(18-2-1-11-24-14-18)25-20(26)12-15-3-5-16(13-23)6-4-15/h1-11,14,21H,12-13,23H2,(H,25,26). The van der Waals surface area contributed by atoms with Crippen molar-refractivity contribution in [3.63, 3.8) is 0 Å². The maximum Gasteiger partial charge on any atom is 0.225 e. The molecule has 2 aromatic carbocycles. The molecule has 0 spiro atoms. The molecule has 0 saturated carbocycles. The molecule has 0 aliphatic heterocycles. The average molecular weight is 349 g/mol. The van der Waals surface area contributed by atoms with E-state index in [-0.39, 0.29) is 24.2 Å². The fourth-order valence-electron chi connectivity index (χ4n) is 2.75. The Morgan fingerprint density at radius 1 is 1.00 bits per heavy atom. The lowest BCUT2D eigenvalue weighted by Crippen LogP contribution is -2.30. The van der Waals surface area contributed by atoms with Gasteiger partial charge in [0, 0.05) is 18.9 Å². The fraction of sp³-hybridized carbons (Fsp3) is 0.143. The summed E-state index contributed by atoms with van der Waals surface area (Å²) < 4.78 is 13.3. The van der Waals surface area contributed by atoms with Crippen molar-refractivity contribution in [2.45, 2.75) is 19.0 Å². The van der Waals surface area contributed by atoms with Crippen LogP contribution in [0.25, 0.3) is 0 Å². The third-order valence-electron chi connectivity index (χ3n) is 4.15. The molecule has 4 nitrogen and oxygen atoms in total. The zero-order valence-corrected chi connectivity index (χ0v) is 14.2. The molecule has 1 heterocycles. The molecule has 3 aromatic rings. The van der Waals surface area contributed by atoms with Gasteiger partial charge in [-0.1, -0.05) is 42.5 Å². The summed E-state index contributed by atoms with van der Waals surface area (Å²) in [5.74, 6) is -0.436. The molecule has 132 valence electrons. The van der Waals surface area contributed by atoms with Crippen LogP contribution in [0.5, 0.6) is 0 Å². The van der Waals surface area contributed by atoms with Gasteiger partial charge in [0.1, 0.15) is 5.82 Å². The first kappa shape index (κ1) is 17.8. The number of halogens is 1. The molecule has 1 atom stereocenters. The van der Waals surface area contributed by atoms with Gasteiger partial charge in [0.15, 0.2) is 0 Å². The summed E-state index contributed by atoms with van der Waals surface area (Å²) in [6.07, 6.45) is 3.62. The van der Waals surface area contributed by atoms with Crippen molar-refractivity contribution in [1.29, 1.82) is 0 Å². The van der Waals surface area contributed by atoms with E-state index in [1.165, 1.54) is 12.1 Å². The molecule has 0 aliphatic carbocycles. The predicted octanol–water partition coefficient (Wildman–Crippen LogP) is 3.13. The van der Waals surface area contributed by atoms with Crippen LogP contribution in [-0.4, -0.2) is 10.9 Å². The number of nitrogens with two attached hydrogens (primary N) is 1. The molecule has 1 aromatic heterocycles. The van der Waals surface area contributed by atoms with Crippen molar-refractivity contribution in [3.05, 3.63) is 101 Å². The smallest absolute Gasteiger partial charge is 0.225 e. The Morgan fingerprint density at radius 2 is 1.69 bits per heavy atom. The Kier molecular flexibility index (Phi) is 5.71. The lowest BCUT2D eigenvalue weighted by Gasteiger charge is -2.19. The highest BCUT2D eigenvalue weighted by atomic mass is 19.1. The second-order valence-electron chi connectivity index (χ2n) is 6.04. The van der Waals surface area contributed by atoms with Crippen molar-refractivity contribution in [3.8, 4) is 0 Å². The van der Waals surface area contributed by atoms with E-state index in [1.54, 1.807) is 24.5 Å². The molecular formula is C21H20FN3O. The monoisotopic (exact) mass is 349 g/mol. The van der Waals surface area contributed by atoms with E-state index >= 15 is 0 Å². The van der Waals surface area contributed by atoms with Crippen molar-refractivity contribution in [2.24, 2.45) is 5.73 Å². The lowest BCUT2D eigenvalue weighted by molar-refractivity contribution is -0.120. The van der Waals surface area contributed by atoms with Crippen LogP contribution >= 0.6 is 0 Å². The van der Waals surface area contributed by atoms with Crippen LogP contribution in [-0.2, 0) is 17.8 Å². The third-order valence-corrected chi connectivity index (χ3v) is 4.15. The molecule has 0 bridgehead atoms. The molecule has 0 saturated heterocycles. The van der Waals surface area contributed by atoms with E-state index in [9.17, 15) is 9.18 Å². The van der Waals surface area contributed by atoms with Crippen molar-refractivity contribution < 1.29 is 9.18 Å². The van der Waals surface area contributed by atoms with Gasteiger partial charge in [-0.3, -0.25) is 9.78 Å². The minimum atomic E-state index is -0.389. The van der Waals surface area contributed by atoms with Crippen LogP contribution in [0.3, 0.4) is 0 Å². The number of nitrogens with one attached hydrogen (secondary N) is 1. The quantitative estimate of drug-likeness (QED) is 0.718. The normalized spacial score (nSPS) is 11.8. The lowest BCUT2D eigenvalue weighted by atomic mass is 9.99. The van der Waals surface area contributed by atoms with Crippen molar-refractivity contribution >= 4 is 5.91 Å². The Bertz CT molecular complexity index is 849. The maximum atomic E-state index is 13.3. The number of rotatable bonds is 6. The number of amides is 1. The molecule has 0 radical (unpaired) electrons. The Labute approximate surface area is 151 Å². The number of carbonyl (C=O) groups excluding carboxylic acids is 1. The van der Waals surface area contributed by atoms with Crippen molar-refractivity contribution in [1.82, 2.24) is 10.3 Å². The molecule has 1 amide bonds. The molecule has 5 heteroatoms. The molecule has 0 aliphatic rings. The molecule has 3 N–H and O–H groups in total. The van der Waals surface area contributed by atoms with E-state index in [2.05, 4.69) is 10.3 Å². The topological polar surface area (TPSA) is 68.0 Å². The second kappa shape index (κ2) is 8.36. The van der Waals surface area contributed by atoms with E-state index in [0.29, 0.717) is 6.54 Å². The van der Waals surface area contributed by atoms with E-state index in [1.807, 2.05) is 36.4 Å². The first-order chi connectivity index (χ1) is 12.7. The van der Waals surface area contributed by atoms with Crippen LogP contribution in [0.2, 0.25) is 0 Å². The van der Waals surface area contributed by atoms with Gasteiger partial charge in [-0.25, -0.2) is 4.39 Å². The van der Waals surface area contributed by atoms with Crippen LogP contribution in [0, 0.1) is 5.82 Å². The van der Waals surface area contributed by atoms with Gasteiger partial charge < -0.3 is 11.1 Å². The van der Waals surface area contributed by atoms with Crippen LogP contribution in [0.1, 0.15) is 28.3 Å². The summed E-state index contributed by atoms with van der Waals surface area (Å²) in [4.78, 5) is 16.7. The maximum absolute atomic E-state index is 13.3.